The molecule has 2 heterocycles. The lowest BCUT2D eigenvalue weighted by molar-refractivity contribution is -0.153. The Labute approximate surface area is 155 Å². The molecule has 142 valence electrons. The second-order valence-corrected chi connectivity index (χ2v) is 7.95. The van der Waals surface area contributed by atoms with E-state index in [4.69, 9.17) is 14.2 Å². The fourth-order valence-electron chi connectivity index (χ4n) is 4.09. The van der Waals surface area contributed by atoms with Gasteiger partial charge in [0.05, 0.1) is 18.8 Å². The number of hydrogen-bond acceptors (Lipinski definition) is 4. The van der Waals surface area contributed by atoms with Crippen molar-refractivity contribution in [2.45, 2.75) is 50.2 Å². The number of nitrogens with zero attached hydrogens (tertiary/aromatic N) is 1. The molecular formula is C21H29NO4. The second kappa shape index (κ2) is 7.57. The van der Waals surface area contributed by atoms with E-state index in [0.717, 1.165) is 63.7 Å². The van der Waals surface area contributed by atoms with Gasteiger partial charge in [0.1, 0.15) is 5.75 Å². The number of rotatable bonds is 5. The highest BCUT2D eigenvalue weighted by Gasteiger charge is 2.42. The molecular weight excluding hydrogens is 330 g/mol. The molecule has 0 bridgehead atoms. The van der Waals surface area contributed by atoms with Gasteiger partial charge in [-0.05, 0) is 56.2 Å². The standard InChI is InChI=1S/C21H29NO4/c1-24-18-4-2-3-17(13-18)20(23)22-10-8-21(9-11-22)14-19(7-12-26-21)25-15-16-5-6-16/h2-4,13,16,19H,5-12,14-15H2,1H3. The first kappa shape index (κ1) is 17.8. The molecule has 1 spiro atoms. The Hall–Kier alpha value is -1.59. The lowest BCUT2D eigenvalue weighted by atomic mass is 9.83. The van der Waals surface area contributed by atoms with Crippen molar-refractivity contribution in [1.29, 1.82) is 0 Å². The zero-order chi connectivity index (χ0) is 18.0. The Balaban J connectivity index is 1.33. The van der Waals surface area contributed by atoms with Crippen LogP contribution in [0.2, 0.25) is 0 Å². The van der Waals surface area contributed by atoms with E-state index in [-0.39, 0.29) is 11.5 Å². The van der Waals surface area contributed by atoms with E-state index >= 15 is 0 Å². The van der Waals surface area contributed by atoms with Gasteiger partial charge in [0.15, 0.2) is 0 Å². The summed E-state index contributed by atoms with van der Waals surface area (Å²) in [7, 11) is 1.62. The Morgan fingerprint density at radius 1 is 1.27 bits per heavy atom. The highest BCUT2D eigenvalue weighted by Crippen LogP contribution is 2.37. The molecule has 1 aromatic carbocycles. The van der Waals surface area contributed by atoms with Crippen molar-refractivity contribution in [3.63, 3.8) is 0 Å². The van der Waals surface area contributed by atoms with Crippen LogP contribution in [0.3, 0.4) is 0 Å². The van der Waals surface area contributed by atoms with Crippen molar-refractivity contribution in [1.82, 2.24) is 4.90 Å². The number of hydrogen-bond donors (Lipinski definition) is 0. The van der Waals surface area contributed by atoms with Crippen molar-refractivity contribution in [3.8, 4) is 5.75 Å². The number of piperidine rings is 1. The summed E-state index contributed by atoms with van der Waals surface area (Å²) in [4.78, 5) is 14.7. The van der Waals surface area contributed by atoms with Crippen LogP contribution >= 0.6 is 0 Å². The molecule has 1 aliphatic carbocycles. The lowest BCUT2D eigenvalue weighted by Crippen LogP contribution is -2.52. The molecule has 1 saturated carbocycles. The minimum absolute atomic E-state index is 0.0797. The molecule has 2 saturated heterocycles. The van der Waals surface area contributed by atoms with Gasteiger partial charge in [-0.2, -0.15) is 0 Å². The van der Waals surface area contributed by atoms with Crippen molar-refractivity contribution in [2.75, 3.05) is 33.4 Å². The van der Waals surface area contributed by atoms with Crippen LogP contribution in [0.25, 0.3) is 0 Å². The number of methoxy groups -OCH3 is 1. The van der Waals surface area contributed by atoms with E-state index in [9.17, 15) is 4.79 Å². The minimum atomic E-state index is -0.0996. The summed E-state index contributed by atoms with van der Waals surface area (Å²) in [6, 6.07) is 7.39. The molecule has 1 amide bonds. The van der Waals surface area contributed by atoms with Crippen molar-refractivity contribution in [3.05, 3.63) is 29.8 Å². The molecule has 0 aromatic heterocycles. The number of benzene rings is 1. The smallest absolute Gasteiger partial charge is 0.253 e. The Morgan fingerprint density at radius 3 is 2.81 bits per heavy atom. The average Bonchev–Trinajstić information content (AvgIpc) is 3.51. The van der Waals surface area contributed by atoms with Gasteiger partial charge in [-0.1, -0.05) is 6.07 Å². The third-order valence-corrected chi connectivity index (χ3v) is 5.99. The Morgan fingerprint density at radius 2 is 2.08 bits per heavy atom. The number of carbonyl (C=O) groups excluding carboxylic acids is 1. The number of amides is 1. The third kappa shape index (κ3) is 4.04. The number of likely N-dealkylation sites (tertiary alicyclic amines) is 1. The molecule has 0 N–H and O–H groups in total. The summed E-state index contributed by atoms with van der Waals surface area (Å²) in [5.74, 6) is 1.60. The third-order valence-electron chi connectivity index (χ3n) is 5.99. The number of ether oxygens (including phenoxy) is 3. The van der Waals surface area contributed by atoms with Crippen LogP contribution in [0.5, 0.6) is 5.75 Å². The molecule has 3 fully saturated rings. The largest absolute Gasteiger partial charge is 0.497 e. The van der Waals surface area contributed by atoms with Gasteiger partial charge in [0.25, 0.3) is 5.91 Å². The van der Waals surface area contributed by atoms with Gasteiger partial charge in [-0.25, -0.2) is 0 Å². The maximum absolute atomic E-state index is 12.8. The molecule has 1 unspecified atom stereocenters. The molecule has 2 aliphatic heterocycles. The van der Waals surface area contributed by atoms with E-state index in [1.54, 1.807) is 7.11 Å². The maximum atomic E-state index is 12.8. The highest BCUT2D eigenvalue weighted by molar-refractivity contribution is 5.94. The molecule has 1 aromatic rings. The SMILES string of the molecule is COc1cccc(C(=O)N2CCC3(CC2)CC(OCC2CC2)CCO3)c1. The normalized spacial score (nSPS) is 25.3. The molecule has 3 aliphatic rings. The first-order valence-corrected chi connectivity index (χ1v) is 9.86. The van der Waals surface area contributed by atoms with E-state index in [1.807, 2.05) is 29.2 Å². The highest BCUT2D eigenvalue weighted by atomic mass is 16.5. The van der Waals surface area contributed by atoms with Crippen LogP contribution in [0, 0.1) is 5.92 Å². The summed E-state index contributed by atoms with van der Waals surface area (Å²) >= 11 is 0. The van der Waals surface area contributed by atoms with E-state index in [0.29, 0.717) is 11.7 Å². The summed E-state index contributed by atoms with van der Waals surface area (Å²) in [5.41, 5.74) is 0.591. The summed E-state index contributed by atoms with van der Waals surface area (Å²) in [5, 5.41) is 0. The van der Waals surface area contributed by atoms with Gasteiger partial charge in [0, 0.05) is 38.3 Å². The van der Waals surface area contributed by atoms with Crippen LogP contribution < -0.4 is 4.74 Å². The monoisotopic (exact) mass is 359 g/mol. The van der Waals surface area contributed by atoms with Gasteiger partial charge in [-0.15, -0.1) is 0 Å². The van der Waals surface area contributed by atoms with Crippen LogP contribution in [0.4, 0.5) is 0 Å². The quantitative estimate of drug-likeness (QED) is 0.809. The van der Waals surface area contributed by atoms with E-state index in [2.05, 4.69) is 0 Å². The van der Waals surface area contributed by atoms with Crippen molar-refractivity contribution in [2.24, 2.45) is 5.92 Å². The Kier molecular flexibility index (Phi) is 5.18. The van der Waals surface area contributed by atoms with Crippen molar-refractivity contribution < 1.29 is 19.0 Å². The summed E-state index contributed by atoms with van der Waals surface area (Å²) in [6.45, 7) is 3.18. The van der Waals surface area contributed by atoms with E-state index in [1.165, 1.54) is 12.8 Å². The van der Waals surface area contributed by atoms with Crippen LogP contribution in [-0.4, -0.2) is 55.9 Å². The number of carbonyl (C=O) groups is 1. The molecule has 0 radical (unpaired) electrons. The summed E-state index contributed by atoms with van der Waals surface area (Å²) in [6.07, 6.45) is 6.75. The van der Waals surface area contributed by atoms with Gasteiger partial charge >= 0.3 is 0 Å². The first-order chi connectivity index (χ1) is 12.7. The molecule has 4 rings (SSSR count). The molecule has 5 heteroatoms. The zero-order valence-electron chi connectivity index (χ0n) is 15.6. The van der Waals surface area contributed by atoms with Gasteiger partial charge in [-0.3, -0.25) is 4.79 Å². The summed E-state index contributed by atoms with van der Waals surface area (Å²) < 4.78 is 17.6. The van der Waals surface area contributed by atoms with Crippen LogP contribution in [0.15, 0.2) is 24.3 Å². The second-order valence-electron chi connectivity index (χ2n) is 7.95. The Bertz CT molecular complexity index is 635. The fraction of sp³-hybridized carbons (Fsp3) is 0.667. The molecule has 26 heavy (non-hydrogen) atoms. The van der Waals surface area contributed by atoms with E-state index < -0.39 is 0 Å². The molecule has 1 atom stereocenters. The molecule has 5 nitrogen and oxygen atoms in total. The average molecular weight is 359 g/mol. The van der Waals surface area contributed by atoms with Crippen molar-refractivity contribution >= 4 is 5.91 Å². The maximum Gasteiger partial charge on any atom is 0.253 e. The lowest BCUT2D eigenvalue weighted by Gasteiger charge is -2.46. The first-order valence-electron chi connectivity index (χ1n) is 9.86. The topological polar surface area (TPSA) is 48.0 Å². The van der Waals surface area contributed by atoms with Crippen LogP contribution in [0.1, 0.15) is 48.9 Å². The van der Waals surface area contributed by atoms with Gasteiger partial charge < -0.3 is 19.1 Å². The van der Waals surface area contributed by atoms with Crippen LogP contribution in [-0.2, 0) is 9.47 Å². The fourth-order valence-corrected chi connectivity index (χ4v) is 4.09. The zero-order valence-corrected chi connectivity index (χ0v) is 15.6. The predicted octanol–water partition coefficient (Wildman–Crippen LogP) is 3.28. The minimum Gasteiger partial charge on any atom is -0.497 e. The predicted molar refractivity (Wildman–Crippen MR) is 98.5 cm³/mol. The van der Waals surface area contributed by atoms with Gasteiger partial charge in [0.2, 0.25) is 0 Å².